The van der Waals surface area contributed by atoms with Gasteiger partial charge in [0, 0.05) is 31.5 Å². The van der Waals surface area contributed by atoms with Gasteiger partial charge in [0.2, 0.25) is 15.9 Å². The van der Waals surface area contributed by atoms with E-state index in [4.69, 9.17) is 9.26 Å². The van der Waals surface area contributed by atoms with E-state index in [1.807, 2.05) is 13.8 Å². The summed E-state index contributed by atoms with van der Waals surface area (Å²) in [4.78, 5) is 13.6. The fourth-order valence-electron chi connectivity index (χ4n) is 4.25. The molecule has 4 rings (SSSR count). The van der Waals surface area contributed by atoms with Crippen molar-refractivity contribution in [3.8, 4) is 5.75 Å². The van der Waals surface area contributed by atoms with Crippen molar-refractivity contribution in [3.05, 3.63) is 35.2 Å². The molecule has 0 radical (unpaired) electrons. The van der Waals surface area contributed by atoms with Crippen LogP contribution in [0.2, 0.25) is 0 Å². The van der Waals surface area contributed by atoms with Gasteiger partial charge < -0.3 is 14.2 Å². The summed E-state index contributed by atoms with van der Waals surface area (Å²) in [5, 5.41) is 4.05. The fraction of sp³-hybridized carbons (Fsp3) is 0.500. The number of carbonyl (C=O) groups is 1. The molecule has 0 N–H and O–H groups in total. The molecule has 9 heteroatoms. The third-order valence-electron chi connectivity index (χ3n) is 5.62. The fourth-order valence-corrected chi connectivity index (χ4v) is 5.93. The van der Waals surface area contributed by atoms with Crippen LogP contribution in [0.25, 0.3) is 0 Å². The van der Waals surface area contributed by atoms with Gasteiger partial charge >= 0.3 is 0 Å². The van der Waals surface area contributed by atoms with Crippen LogP contribution in [0.3, 0.4) is 0 Å². The zero-order valence-corrected chi connectivity index (χ0v) is 17.7. The Bertz CT molecular complexity index is 1050. The summed E-state index contributed by atoms with van der Waals surface area (Å²) >= 11 is 0. The Kier molecular flexibility index (Phi) is 5.12. The lowest BCUT2D eigenvalue weighted by Crippen LogP contribution is -2.36. The van der Waals surface area contributed by atoms with Gasteiger partial charge in [-0.25, -0.2) is 8.42 Å². The van der Waals surface area contributed by atoms with Gasteiger partial charge in [-0.1, -0.05) is 12.1 Å². The highest BCUT2D eigenvalue weighted by Crippen LogP contribution is 2.41. The number of ether oxygens (including phenoxy) is 1. The summed E-state index contributed by atoms with van der Waals surface area (Å²) in [6.45, 7) is 6.54. The van der Waals surface area contributed by atoms with Crippen molar-refractivity contribution in [3.63, 3.8) is 0 Å². The number of carbonyl (C=O) groups excluding carboxylic acids is 1. The molecule has 3 heterocycles. The Balaban J connectivity index is 1.71. The predicted molar refractivity (Wildman–Crippen MR) is 106 cm³/mol. The molecule has 1 amide bonds. The molecule has 1 fully saturated rings. The van der Waals surface area contributed by atoms with Crippen LogP contribution < -0.4 is 9.64 Å². The largest absolute Gasteiger partial charge is 0.489 e. The van der Waals surface area contributed by atoms with Crippen LogP contribution in [-0.2, 0) is 21.2 Å². The van der Waals surface area contributed by atoms with Crippen molar-refractivity contribution in [2.45, 2.75) is 51.0 Å². The number of hydrogen-bond acceptors (Lipinski definition) is 6. The summed E-state index contributed by atoms with van der Waals surface area (Å²) in [7, 11) is -3.75. The summed E-state index contributed by atoms with van der Waals surface area (Å²) in [6.07, 6.45) is 2.17. The molecule has 0 unspecified atom stereocenters. The lowest BCUT2D eigenvalue weighted by Gasteiger charge is -2.30. The molecule has 0 bridgehead atoms. The van der Waals surface area contributed by atoms with Gasteiger partial charge in [-0.3, -0.25) is 4.79 Å². The molecule has 2 aromatic rings. The average Bonchev–Trinajstić information content (AvgIpc) is 3.33. The summed E-state index contributed by atoms with van der Waals surface area (Å²) < 4.78 is 39.6. The molecule has 2 aliphatic heterocycles. The second kappa shape index (κ2) is 7.46. The SMILES string of the molecule is CCc1onc(C)c1[C@H]1CCCN1S(=O)(=O)c1ccc2c(c1)OCCN2C(C)=O. The molecular formula is C20H25N3O5S. The monoisotopic (exact) mass is 419 g/mol. The topological polar surface area (TPSA) is 92.9 Å². The zero-order chi connectivity index (χ0) is 20.8. The number of benzene rings is 1. The summed E-state index contributed by atoms with van der Waals surface area (Å²) in [6, 6.07) is 4.44. The zero-order valence-electron chi connectivity index (χ0n) is 16.8. The van der Waals surface area contributed by atoms with Gasteiger partial charge in [0.1, 0.15) is 18.1 Å². The molecule has 1 saturated heterocycles. The number of sulfonamides is 1. The minimum atomic E-state index is -3.75. The van der Waals surface area contributed by atoms with Gasteiger partial charge in [0.25, 0.3) is 0 Å². The lowest BCUT2D eigenvalue weighted by atomic mass is 10.0. The Morgan fingerprint density at radius 1 is 1.31 bits per heavy atom. The number of aryl methyl sites for hydroxylation is 2. The third kappa shape index (κ3) is 3.32. The van der Waals surface area contributed by atoms with E-state index < -0.39 is 10.0 Å². The van der Waals surface area contributed by atoms with Gasteiger partial charge in [-0.2, -0.15) is 4.31 Å². The van der Waals surface area contributed by atoms with E-state index in [2.05, 4.69) is 5.16 Å². The normalized spacial score (nSPS) is 19.8. The van der Waals surface area contributed by atoms with Crippen LogP contribution in [0.15, 0.2) is 27.6 Å². The second-order valence-electron chi connectivity index (χ2n) is 7.38. The van der Waals surface area contributed by atoms with Crippen molar-refractivity contribution in [2.24, 2.45) is 0 Å². The van der Waals surface area contributed by atoms with Crippen LogP contribution in [0.1, 0.15) is 49.7 Å². The molecule has 1 atom stereocenters. The molecule has 8 nitrogen and oxygen atoms in total. The summed E-state index contributed by atoms with van der Waals surface area (Å²) in [5.41, 5.74) is 2.22. The van der Waals surface area contributed by atoms with E-state index in [1.165, 1.54) is 13.0 Å². The van der Waals surface area contributed by atoms with Crippen LogP contribution >= 0.6 is 0 Å². The quantitative estimate of drug-likeness (QED) is 0.757. The lowest BCUT2D eigenvalue weighted by molar-refractivity contribution is -0.116. The van der Waals surface area contributed by atoms with Crippen molar-refractivity contribution >= 4 is 21.6 Å². The van der Waals surface area contributed by atoms with E-state index in [0.717, 1.165) is 29.9 Å². The molecule has 2 aliphatic rings. The number of nitrogens with zero attached hydrogens (tertiary/aromatic N) is 3. The van der Waals surface area contributed by atoms with Crippen LogP contribution in [0.4, 0.5) is 5.69 Å². The van der Waals surface area contributed by atoms with E-state index in [-0.39, 0.29) is 16.8 Å². The maximum atomic E-state index is 13.5. The van der Waals surface area contributed by atoms with Crippen molar-refractivity contribution in [2.75, 3.05) is 24.6 Å². The Hall–Kier alpha value is -2.39. The van der Waals surface area contributed by atoms with Gasteiger partial charge in [-0.05, 0) is 31.9 Å². The van der Waals surface area contributed by atoms with E-state index in [0.29, 0.717) is 37.6 Å². The smallest absolute Gasteiger partial charge is 0.243 e. The molecule has 156 valence electrons. The minimum Gasteiger partial charge on any atom is -0.489 e. The molecule has 1 aromatic carbocycles. The third-order valence-corrected chi connectivity index (χ3v) is 7.53. The molecule has 0 saturated carbocycles. The number of anilines is 1. The van der Waals surface area contributed by atoms with Crippen molar-refractivity contribution in [1.29, 1.82) is 0 Å². The number of hydrogen-bond donors (Lipinski definition) is 0. The Morgan fingerprint density at radius 3 is 2.83 bits per heavy atom. The predicted octanol–water partition coefficient (Wildman–Crippen LogP) is 2.82. The van der Waals surface area contributed by atoms with Gasteiger partial charge in [0.05, 0.1) is 28.9 Å². The van der Waals surface area contributed by atoms with Crippen molar-refractivity contribution < 1.29 is 22.5 Å². The number of aromatic nitrogens is 1. The first-order valence-corrected chi connectivity index (χ1v) is 11.3. The Labute approximate surface area is 170 Å². The molecular weight excluding hydrogens is 394 g/mol. The number of fused-ring (bicyclic) bond motifs is 1. The highest BCUT2D eigenvalue weighted by atomic mass is 32.2. The molecule has 0 aliphatic carbocycles. The van der Waals surface area contributed by atoms with E-state index in [1.54, 1.807) is 21.3 Å². The first-order valence-electron chi connectivity index (χ1n) is 9.86. The summed E-state index contributed by atoms with van der Waals surface area (Å²) in [5.74, 6) is 1.05. The standard InChI is InChI=1S/C20H25N3O5S/c1-4-18-20(13(2)21-28-18)17-6-5-9-23(17)29(25,26)15-7-8-16-19(12-15)27-11-10-22(16)14(3)24/h7-8,12,17H,4-6,9-11H2,1-3H3/t17-/m1/s1. The maximum Gasteiger partial charge on any atom is 0.243 e. The average molecular weight is 420 g/mol. The van der Waals surface area contributed by atoms with Gasteiger partial charge in [0.15, 0.2) is 0 Å². The molecule has 0 spiro atoms. The molecule has 29 heavy (non-hydrogen) atoms. The molecule has 1 aromatic heterocycles. The highest BCUT2D eigenvalue weighted by Gasteiger charge is 2.39. The van der Waals surface area contributed by atoms with Gasteiger partial charge in [-0.15, -0.1) is 0 Å². The van der Waals surface area contributed by atoms with Crippen LogP contribution in [0.5, 0.6) is 5.75 Å². The number of rotatable bonds is 4. The minimum absolute atomic E-state index is 0.0974. The van der Waals surface area contributed by atoms with Crippen LogP contribution in [0, 0.1) is 6.92 Å². The highest BCUT2D eigenvalue weighted by molar-refractivity contribution is 7.89. The van der Waals surface area contributed by atoms with E-state index >= 15 is 0 Å². The first-order chi connectivity index (χ1) is 13.8. The maximum absolute atomic E-state index is 13.5. The van der Waals surface area contributed by atoms with Crippen LogP contribution in [-0.4, -0.2) is 43.5 Å². The first kappa shape index (κ1) is 19.9. The Morgan fingerprint density at radius 2 is 2.10 bits per heavy atom. The second-order valence-corrected chi connectivity index (χ2v) is 9.27. The van der Waals surface area contributed by atoms with Crippen molar-refractivity contribution in [1.82, 2.24) is 9.46 Å². The number of amides is 1. The van der Waals surface area contributed by atoms with E-state index in [9.17, 15) is 13.2 Å².